The quantitative estimate of drug-likeness (QED) is 0.771. The Kier molecular flexibility index (Phi) is 3.92. The average molecular weight is 325 g/mol. The van der Waals surface area contributed by atoms with Crippen LogP contribution < -0.4 is 5.73 Å². The third kappa shape index (κ3) is 2.85. The summed E-state index contributed by atoms with van der Waals surface area (Å²) in [7, 11) is 0. The van der Waals surface area contributed by atoms with E-state index < -0.39 is 5.82 Å². The minimum Gasteiger partial charge on any atom is -0.383 e. The Balaban J connectivity index is 2.24. The Hall–Kier alpha value is -2.97. The molecule has 0 spiro atoms. The Morgan fingerprint density at radius 2 is 2.00 bits per heavy atom. The van der Waals surface area contributed by atoms with Gasteiger partial charge in [-0.3, -0.25) is 4.98 Å². The van der Waals surface area contributed by atoms with Crippen LogP contribution in [0.3, 0.4) is 0 Å². The van der Waals surface area contributed by atoms with Gasteiger partial charge in [0.25, 0.3) is 0 Å². The number of nitrogen functional groups attached to an aromatic ring is 1. The molecule has 3 rings (SSSR count). The fourth-order valence-electron chi connectivity index (χ4n) is 2.24. The van der Waals surface area contributed by atoms with E-state index in [2.05, 4.69) is 9.97 Å². The maximum absolute atomic E-state index is 13.8. The smallest absolute Gasteiger partial charge is 0.142 e. The highest BCUT2D eigenvalue weighted by molar-refractivity contribution is 6.30. The van der Waals surface area contributed by atoms with Gasteiger partial charge in [-0.05, 0) is 35.9 Å². The number of hydrogen-bond acceptors (Lipinski definition) is 4. The fraction of sp³-hybridized carbons (Fsp3) is 0. The Morgan fingerprint density at radius 3 is 2.65 bits per heavy atom. The van der Waals surface area contributed by atoms with Crippen LogP contribution in [0, 0.1) is 17.1 Å². The largest absolute Gasteiger partial charge is 0.383 e. The molecule has 0 bridgehead atoms. The van der Waals surface area contributed by atoms with E-state index in [-0.39, 0.29) is 16.4 Å². The number of anilines is 1. The predicted octanol–water partition coefficient (Wildman–Crippen LogP) is 4.06. The summed E-state index contributed by atoms with van der Waals surface area (Å²) in [5.74, 6) is -0.481. The summed E-state index contributed by atoms with van der Waals surface area (Å²) >= 11 is 5.71. The third-order valence-corrected chi connectivity index (χ3v) is 3.65. The van der Waals surface area contributed by atoms with Crippen molar-refractivity contribution in [3.05, 3.63) is 65.2 Å². The first kappa shape index (κ1) is 14.9. The molecular formula is C17H10ClFN4. The summed E-state index contributed by atoms with van der Waals surface area (Å²) in [5, 5.41) is 9.36. The van der Waals surface area contributed by atoms with E-state index in [1.807, 2.05) is 12.1 Å². The van der Waals surface area contributed by atoms with Gasteiger partial charge in [0.15, 0.2) is 0 Å². The molecule has 0 amide bonds. The molecule has 0 atom stereocenters. The van der Waals surface area contributed by atoms with Crippen molar-refractivity contribution < 1.29 is 4.39 Å². The van der Waals surface area contributed by atoms with Crippen LogP contribution in [0.2, 0.25) is 5.02 Å². The van der Waals surface area contributed by atoms with Gasteiger partial charge in [-0.25, -0.2) is 9.37 Å². The van der Waals surface area contributed by atoms with E-state index in [9.17, 15) is 9.65 Å². The number of benzene rings is 1. The zero-order valence-electron chi connectivity index (χ0n) is 11.8. The number of pyridine rings is 2. The number of aromatic nitrogens is 2. The molecule has 2 N–H and O–H groups in total. The van der Waals surface area contributed by atoms with E-state index in [1.165, 1.54) is 12.1 Å². The number of hydrogen-bond donors (Lipinski definition) is 1. The summed E-state index contributed by atoms with van der Waals surface area (Å²) in [4.78, 5) is 8.27. The zero-order valence-corrected chi connectivity index (χ0v) is 12.5. The lowest BCUT2D eigenvalue weighted by Crippen LogP contribution is -2.00. The highest BCUT2D eigenvalue weighted by Gasteiger charge is 2.14. The molecule has 0 fully saturated rings. The Bertz CT molecular complexity index is 920. The maximum atomic E-state index is 13.8. The van der Waals surface area contributed by atoms with Crippen LogP contribution in [0.5, 0.6) is 0 Å². The normalized spacial score (nSPS) is 10.3. The molecule has 0 aliphatic carbocycles. The van der Waals surface area contributed by atoms with E-state index in [0.29, 0.717) is 16.8 Å². The molecule has 4 nitrogen and oxygen atoms in total. The van der Waals surface area contributed by atoms with E-state index in [0.717, 1.165) is 5.56 Å². The number of halogens is 2. The van der Waals surface area contributed by atoms with Crippen molar-refractivity contribution in [3.63, 3.8) is 0 Å². The van der Waals surface area contributed by atoms with Crippen molar-refractivity contribution in [2.24, 2.45) is 0 Å². The van der Waals surface area contributed by atoms with E-state index in [1.54, 1.807) is 30.6 Å². The van der Waals surface area contributed by atoms with Crippen molar-refractivity contribution >= 4 is 17.4 Å². The highest BCUT2D eigenvalue weighted by Crippen LogP contribution is 2.32. The van der Waals surface area contributed by atoms with Gasteiger partial charge in [0.2, 0.25) is 0 Å². The van der Waals surface area contributed by atoms with Crippen molar-refractivity contribution in [3.8, 4) is 28.5 Å². The molecule has 23 heavy (non-hydrogen) atoms. The van der Waals surface area contributed by atoms with Crippen molar-refractivity contribution in [1.82, 2.24) is 9.97 Å². The topological polar surface area (TPSA) is 75.6 Å². The summed E-state index contributed by atoms with van der Waals surface area (Å²) < 4.78 is 13.8. The van der Waals surface area contributed by atoms with Gasteiger partial charge in [0.1, 0.15) is 23.3 Å². The first-order chi connectivity index (χ1) is 11.1. The van der Waals surface area contributed by atoms with Gasteiger partial charge in [0, 0.05) is 23.5 Å². The van der Waals surface area contributed by atoms with Crippen molar-refractivity contribution in [1.29, 1.82) is 5.26 Å². The molecule has 2 heterocycles. The van der Waals surface area contributed by atoms with Gasteiger partial charge in [-0.1, -0.05) is 17.7 Å². The minimum absolute atomic E-state index is 0.0155. The van der Waals surface area contributed by atoms with Gasteiger partial charge in [-0.2, -0.15) is 5.26 Å². The van der Waals surface area contributed by atoms with Crippen LogP contribution in [-0.2, 0) is 0 Å². The molecule has 0 saturated carbocycles. The van der Waals surface area contributed by atoms with E-state index >= 15 is 0 Å². The predicted molar refractivity (Wildman–Crippen MR) is 87.0 cm³/mol. The molecule has 3 aromatic rings. The molecule has 0 radical (unpaired) electrons. The first-order valence-electron chi connectivity index (χ1n) is 6.66. The summed E-state index contributed by atoms with van der Waals surface area (Å²) in [6.45, 7) is 0. The summed E-state index contributed by atoms with van der Waals surface area (Å²) in [6.07, 6.45) is 3.28. The Morgan fingerprint density at radius 1 is 1.17 bits per heavy atom. The van der Waals surface area contributed by atoms with Crippen LogP contribution in [0.15, 0.2) is 48.8 Å². The second-order valence-corrected chi connectivity index (χ2v) is 5.20. The third-order valence-electron chi connectivity index (χ3n) is 3.35. The van der Waals surface area contributed by atoms with Crippen LogP contribution in [0.25, 0.3) is 22.4 Å². The summed E-state index contributed by atoms with van der Waals surface area (Å²) in [5.41, 5.74) is 8.40. The second-order valence-electron chi connectivity index (χ2n) is 4.80. The van der Waals surface area contributed by atoms with Crippen LogP contribution in [-0.4, -0.2) is 9.97 Å². The van der Waals surface area contributed by atoms with Crippen LogP contribution in [0.1, 0.15) is 5.56 Å². The van der Waals surface area contributed by atoms with E-state index in [4.69, 9.17) is 17.3 Å². The number of nitriles is 1. The lowest BCUT2D eigenvalue weighted by atomic mass is 9.99. The maximum Gasteiger partial charge on any atom is 0.142 e. The Labute approximate surface area is 137 Å². The average Bonchev–Trinajstić information content (AvgIpc) is 2.57. The number of rotatable bonds is 2. The number of nitrogens with two attached hydrogens (primary N) is 1. The first-order valence-corrected chi connectivity index (χ1v) is 7.04. The van der Waals surface area contributed by atoms with Gasteiger partial charge in [-0.15, -0.1) is 0 Å². The van der Waals surface area contributed by atoms with Crippen molar-refractivity contribution in [2.45, 2.75) is 0 Å². The molecule has 0 aliphatic heterocycles. The standard InChI is InChI=1S/C17H10ClFN4/c18-14-4-3-10(6-15(14)19)12-7-16(11-2-1-5-22-9-11)23-17(21)13(12)8-20/h1-7,9H,(H2,21,23). The zero-order chi connectivity index (χ0) is 16.4. The van der Waals surface area contributed by atoms with Gasteiger partial charge in [0.05, 0.1) is 10.7 Å². The van der Waals surface area contributed by atoms with Crippen LogP contribution >= 0.6 is 11.6 Å². The molecule has 6 heteroatoms. The number of nitrogens with zero attached hydrogens (tertiary/aromatic N) is 3. The van der Waals surface area contributed by atoms with Gasteiger partial charge >= 0.3 is 0 Å². The minimum atomic E-state index is -0.564. The molecule has 0 unspecified atom stereocenters. The molecule has 0 aliphatic rings. The molecule has 112 valence electrons. The van der Waals surface area contributed by atoms with Crippen LogP contribution in [0.4, 0.5) is 10.2 Å². The SMILES string of the molecule is N#Cc1c(-c2ccc(Cl)c(F)c2)cc(-c2cccnc2)nc1N. The molecular weight excluding hydrogens is 315 g/mol. The highest BCUT2D eigenvalue weighted by atomic mass is 35.5. The lowest BCUT2D eigenvalue weighted by molar-refractivity contribution is 0.629. The summed E-state index contributed by atoms with van der Waals surface area (Å²) in [6, 6.07) is 11.6. The van der Waals surface area contributed by atoms with Crippen molar-refractivity contribution in [2.75, 3.05) is 5.73 Å². The second kappa shape index (κ2) is 6.03. The lowest BCUT2D eigenvalue weighted by Gasteiger charge is -2.10. The molecule has 2 aromatic heterocycles. The molecule has 1 aromatic carbocycles. The fourth-order valence-corrected chi connectivity index (χ4v) is 2.35. The monoisotopic (exact) mass is 324 g/mol. The van der Waals surface area contributed by atoms with Gasteiger partial charge < -0.3 is 5.73 Å². The molecule has 0 saturated heterocycles.